The SMILES string of the molecule is Nc1onc(-c2cc(F)ccc2Br)c1-c1cccnc1. The fraction of sp³-hybridized carbons (Fsp3) is 0. The van der Waals surface area contributed by atoms with Crippen LogP contribution < -0.4 is 5.73 Å². The van der Waals surface area contributed by atoms with Crippen molar-refractivity contribution in [3.63, 3.8) is 0 Å². The Balaban J connectivity index is 2.24. The minimum absolute atomic E-state index is 0.171. The van der Waals surface area contributed by atoms with Crippen LogP contribution in [0, 0.1) is 5.82 Å². The van der Waals surface area contributed by atoms with Gasteiger partial charge in [-0.3, -0.25) is 4.98 Å². The minimum Gasteiger partial charge on any atom is -0.367 e. The van der Waals surface area contributed by atoms with Crippen LogP contribution in [0.3, 0.4) is 0 Å². The van der Waals surface area contributed by atoms with Gasteiger partial charge in [-0.15, -0.1) is 0 Å². The number of hydrogen-bond acceptors (Lipinski definition) is 4. The van der Waals surface area contributed by atoms with Gasteiger partial charge in [0.25, 0.3) is 0 Å². The summed E-state index contributed by atoms with van der Waals surface area (Å²) >= 11 is 3.38. The first-order valence-electron chi connectivity index (χ1n) is 5.78. The van der Waals surface area contributed by atoms with E-state index in [2.05, 4.69) is 26.1 Å². The zero-order chi connectivity index (χ0) is 14.1. The number of hydrogen-bond donors (Lipinski definition) is 1. The molecule has 6 heteroatoms. The summed E-state index contributed by atoms with van der Waals surface area (Å²) in [5, 5.41) is 3.94. The van der Waals surface area contributed by atoms with Crippen molar-refractivity contribution in [2.75, 3.05) is 5.73 Å². The first-order chi connectivity index (χ1) is 9.66. The Kier molecular flexibility index (Phi) is 3.23. The van der Waals surface area contributed by atoms with Gasteiger partial charge in [0, 0.05) is 28.0 Å². The molecule has 3 rings (SSSR count). The van der Waals surface area contributed by atoms with Gasteiger partial charge in [-0.1, -0.05) is 27.2 Å². The molecule has 0 saturated heterocycles. The lowest BCUT2D eigenvalue weighted by Gasteiger charge is -2.04. The van der Waals surface area contributed by atoms with Crippen molar-refractivity contribution in [3.05, 3.63) is 53.0 Å². The van der Waals surface area contributed by atoms with Crippen LogP contribution in [0.2, 0.25) is 0 Å². The second-order valence-electron chi connectivity index (χ2n) is 4.14. The van der Waals surface area contributed by atoms with Crippen molar-refractivity contribution in [3.8, 4) is 22.4 Å². The predicted octanol–water partition coefficient (Wildman–Crippen LogP) is 3.89. The Morgan fingerprint density at radius 1 is 1.25 bits per heavy atom. The highest BCUT2D eigenvalue weighted by atomic mass is 79.9. The van der Waals surface area contributed by atoms with Gasteiger partial charge in [-0.05, 0) is 24.3 Å². The minimum atomic E-state index is -0.359. The van der Waals surface area contributed by atoms with Crippen molar-refractivity contribution in [1.29, 1.82) is 0 Å². The number of nitrogens with zero attached hydrogens (tertiary/aromatic N) is 2. The van der Waals surface area contributed by atoms with E-state index >= 15 is 0 Å². The molecule has 0 aliphatic rings. The van der Waals surface area contributed by atoms with E-state index in [4.69, 9.17) is 10.3 Å². The van der Waals surface area contributed by atoms with Gasteiger partial charge in [-0.25, -0.2) is 4.39 Å². The van der Waals surface area contributed by atoms with E-state index in [9.17, 15) is 4.39 Å². The molecule has 2 N–H and O–H groups in total. The maximum Gasteiger partial charge on any atom is 0.230 e. The Morgan fingerprint density at radius 2 is 2.10 bits per heavy atom. The fourth-order valence-corrected chi connectivity index (χ4v) is 2.39. The molecule has 1 aromatic carbocycles. The summed E-state index contributed by atoms with van der Waals surface area (Å²) in [5.74, 6) is -0.189. The standard InChI is InChI=1S/C14H9BrFN3O/c15-11-4-3-9(16)6-10(11)13-12(14(17)20-19-13)8-2-1-5-18-7-8/h1-7H,17H2. The Bertz CT molecular complexity index is 758. The molecule has 0 fully saturated rings. The van der Waals surface area contributed by atoms with E-state index in [1.165, 1.54) is 12.1 Å². The smallest absolute Gasteiger partial charge is 0.230 e. The second kappa shape index (κ2) is 5.05. The number of pyridine rings is 1. The molecule has 2 aromatic heterocycles. The summed E-state index contributed by atoms with van der Waals surface area (Å²) in [5.41, 5.74) is 8.24. The van der Waals surface area contributed by atoms with Crippen LogP contribution in [0.15, 0.2) is 51.7 Å². The highest BCUT2D eigenvalue weighted by molar-refractivity contribution is 9.10. The lowest BCUT2D eigenvalue weighted by Crippen LogP contribution is -1.89. The van der Waals surface area contributed by atoms with E-state index in [-0.39, 0.29) is 11.7 Å². The van der Waals surface area contributed by atoms with Crippen LogP contribution in [0.4, 0.5) is 10.3 Å². The summed E-state index contributed by atoms with van der Waals surface area (Å²) in [6.07, 6.45) is 3.31. The second-order valence-corrected chi connectivity index (χ2v) is 4.99. The van der Waals surface area contributed by atoms with Crippen molar-refractivity contribution in [1.82, 2.24) is 10.1 Å². The molecule has 0 saturated carbocycles. The number of benzene rings is 1. The van der Waals surface area contributed by atoms with E-state index in [0.29, 0.717) is 21.3 Å². The van der Waals surface area contributed by atoms with E-state index in [1.807, 2.05) is 6.07 Å². The average Bonchev–Trinajstić information content (AvgIpc) is 2.84. The molecule has 0 aliphatic carbocycles. The van der Waals surface area contributed by atoms with Gasteiger partial charge in [0.05, 0.1) is 5.56 Å². The quantitative estimate of drug-likeness (QED) is 0.772. The first-order valence-corrected chi connectivity index (χ1v) is 6.57. The molecule has 4 nitrogen and oxygen atoms in total. The predicted molar refractivity (Wildman–Crippen MR) is 77.2 cm³/mol. The van der Waals surface area contributed by atoms with E-state index < -0.39 is 0 Å². The van der Waals surface area contributed by atoms with Crippen LogP contribution in [0.1, 0.15) is 0 Å². The Morgan fingerprint density at radius 3 is 2.85 bits per heavy atom. The first kappa shape index (κ1) is 12.8. The zero-order valence-corrected chi connectivity index (χ0v) is 11.8. The summed E-state index contributed by atoms with van der Waals surface area (Å²) in [6.45, 7) is 0. The molecular formula is C14H9BrFN3O. The third-order valence-corrected chi connectivity index (χ3v) is 3.54. The highest BCUT2D eigenvalue weighted by Crippen LogP contribution is 2.38. The topological polar surface area (TPSA) is 64.9 Å². The molecule has 0 unspecified atom stereocenters. The molecule has 0 bridgehead atoms. The Labute approximate surface area is 122 Å². The number of halogens is 2. The third kappa shape index (κ3) is 2.18. The number of nitrogen functional groups attached to an aromatic ring is 1. The fourth-order valence-electron chi connectivity index (χ4n) is 1.96. The van der Waals surface area contributed by atoms with Gasteiger partial charge in [0.15, 0.2) is 0 Å². The van der Waals surface area contributed by atoms with Crippen LogP contribution in [0.25, 0.3) is 22.4 Å². The number of nitrogens with two attached hydrogens (primary N) is 1. The molecule has 0 aliphatic heterocycles. The molecule has 0 spiro atoms. The molecule has 100 valence electrons. The van der Waals surface area contributed by atoms with Crippen molar-refractivity contribution in [2.24, 2.45) is 0 Å². The molecule has 2 heterocycles. The highest BCUT2D eigenvalue weighted by Gasteiger charge is 2.19. The van der Waals surface area contributed by atoms with Gasteiger partial charge >= 0.3 is 0 Å². The zero-order valence-electron chi connectivity index (χ0n) is 10.2. The Hall–Kier alpha value is -2.21. The van der Waals surface area contributed by atoms with Crippen LogP contribution >= 0.6 is 15.9 Å². The summed E-state index contributed by atoms with van der Waals surface area (Å²) in [6, 6.07) is 7.98. The van der Waals surface area contributed by atoms with Crippen molar-refractivity contribution < 1.29 is 8.91 Å². The third-order valence-electron chi connectivity index (χ3n) is 2.85. The molecule has 0 radical (unpaired) electrons. The molecule has 0 atom stereocenters. The molecule has 3 aromatic rings. The lowest BCUT2D eigenvalue weighted by atomic mass is 10.0. The number of rotatable bonds is 2. The van der Waals surface area contributed by atoms with Gasteiger partial charge in [-0.2, -0.15) is 0 Å². The lowest BCUT2D eigenvalue weighted by molar-refractivity contribution is 0.439. The van der Waals surface area contributed by atoms with Crippen molar-refractivity contribution in [2.45, 2.75) is 0 Å². The molecule has 0 amide bonds. The molecule has 20 heavy (non-hydrogen) atoms. The van der Waals surface area contributed by atoms with Crippen molar-refractivity contribution >= 4 is 21.8 Å². The summed E-state index contributed by atoms with van der Waals surface area (Å²) in [7, 11) is 0. The maximum atomic E-state index is 13.5. The van der Waals surface area contributed by atoms with E-state index in [1.54, 1.807) is 24.5 Å². The van der Waals surface area contributed by atoms with Crippen LogP contribution in [-0.4, -0.2) is 10.1 Å². The normalized spacial score (nSPS) is 10.7. The largest absolute Gasteiger partial charge is 0.367 e. The van der Waals surface area contributed by atoms with E-state index in [0.717, 1.165) is 5.56 Å². The maximum absolute atomic E-state index is 13.5. The summed E-state index contributed by atoms with van der Waals surface area (Å²) in [4.78, 5) is 4.05. The number of aromatic nitrogens is 2. The molecular weight excluding hydrogens is 325 g/mol. The van der Waals surface area contributed by atoms with Gasteiger partial charge in [0.1, 0.15) is 11.5 Å². The average molecular weight is 334 g/mol. The summed E-state index contributed by atoms with van der Waals surface area (Å²) < 4.78 is 19.2. The monoisotopic (exact) mass is 333 g/mol. The van der Waals surface area contributed by atoms with Crippen LogP contribution in [-0.2, 0) is 0 Å². The van der Waals surface area contributed by atoms with Gasteiger partial charge < -0.3 is 10.3 Å². The van der Waals surface area contributed by atoms with Crippen LogP contribution in [0.5, 0.6) is 0 Å². The van der Waals surface area contributed by atoms with Gasteiger partial charge in [0.2, 0.25) is 5.88 Å². The number of anilines is 1.